The van der Waals surface area contributed by atoms with Crippen molar-refractivity contribution in [2.45, 2.75) is 6.42 Å². The average molecular weight is 485 g/mol. The molecule has 0 saturated heterocycles. The molecule has 10 heteroatoms. The van der Waals surface area contributed by atoms with Crippen LogP contribution in [0.15, 0.2) is 84.9 Å². The molecule has 0 unspecified atom stereocenters. The minimum absolute atomic E-state index is 0.0533. The number of hydrogen-bond donors (Lipinski definition) is 3. The molecule has 0 radical (unpaired) electrons. The molecule has 0 bridgehead atoms. The summed E-state index contributed by atoms with van der Waals surface area (Å²) in [5, 5.41) is 6.99. The summed E-state index contributed by atoms with van der Waals surface area (Å²) in [7, 11) is 1.48. The predicted octanol–water partition coefficient (Wildman–Crippen LogP) is 2.52. The third-order valence-corrected chi connectivity index (χ3v) is 5.15. The second-order valence-corrected chi connectivity index (χ2v) is 7.58. The van der Waals surface area contributed by atoms with Crippen LogP contribution in [0.4, 0.5) is 0 Å². The molecule has 3 aromatic carbocycles. The van der Waals surface area contributed by atoms with E-state index < -0.39 is 11.8 Å². The fraction of sp³-hybridized carbons (Fsp3) is 0.115. The highest BCUT2D eigenvalue weighted by Crippen LogP contribution is 2.21. The zero-order valence-electron chi connectivity index (χ0n) is 19.5. The second-order valence-electron chi connectivity index (χ2n) is 7.58. The number of para-hydroxylation sites is 2. The zero-order chi connectivity index (χ0) is 25.3. The number of carbonyl (C=O) groups excluding carboxylic acids is 3. The molecule has 0 spiro atoms. The SMILES string of the molecule is COc1ccccc1C(=O)NCCC(=O)NNC(=O)c1nc(-c2ccccc2)n(-c2ccccc2)n1. The van der Waals surface area contributed by atoms with Crippen molar-refractivity contribution >= 4 is 17.7 Å². The summed E-state index contributed by atoms with van der Waals surface area (Å²) >= 11 is 0. The van der Waals surface area contributed by atoms with Gasteiger partial charge in [0.1, 0.15) is 5.75 Å². The van der Waals surface area contributed by atoms with Crippen molar-refractivity contribution in [1.29, 1.82) is 0 Å². The Hall–Kier alpha value is -4.99. The van der Waals surface area contributed by atoms with Gasteiger partial charge in [-0.05, 0) is 24.3 Å². The summed E-state index contributed by atoms with van der Waals surface area (Å²) in [6.07, 6.45) is -0.0533. The van der Waals surface area contributed by atoms with Crippen LogP contribution in [0.2, 0.25) is 0 Å². The summed E-state index contributed by atoms with van der Waals surface area (Å²) in [6, 6.07) is 25.4. The van der Waals surface area contributed by atoms with Gasteiger partial charge in [0, 0.05) is 18.5 Å². The van der Waals surface area contributed by atoms with Crippen molar-refractivity contribution in [1.82, 2.24) is 30.9 Å². The molecular formula is C26H24N6O4. The van der Waals surface area contributed by atoms with Gasteiger partial charge in [-0.25, -0.2) is 9.67 Å². The minimum Gasteiger partial charge on any atom is -0.496 e. The van der Waals surface area contributed by atoms with Gasteiger partial charge in [0.2, 0.25) is 11.7 Å². The van der Waals surface area contributed by atoms with E-state index >= 15 is 0 Å². The van der Waals surface area contributed by atoms with Crippen molar-refractivity contribution in [3.8, 4) is 22.8 Å². The van der Waals surface area contributed by atoms with Crippen molar-refractivity contribution in [2.75, 3.05) is 13.7 Å². The summed E-state index contributed by atoms with van der Waals surface area (Å²) in [6.45, 7) is 0.0671. The molecule has 0 fully saturated rings. The molecule has 0 saturated carbocycles. The lowest BCUT2D eigenvalue weighted by Gasteiger charge is -2.09. The lowest BCUT2D eigenvalue weighted by molar-refractivity contribution is -0.121. The molecule has 1 aromatic heterocycles. The normalized spacial score (nSPS) is 10.4. The molecule has 36 heavy (non-hydrogen) atoms. The van der Waals surface area contributed by atoms with E-state index in [9.17, 15) is 14.4 Å². The molecule has 182 valence electrons. The van der Waals surface area contributed by atoms with Crippen LogP contribution in [0.5, 0.6) is 5.75 Å². The van der Waals surface area contributed by atoms with Crippen LogP contribution < -0.4 is 20.9 Å². The van der Waals surface area contributed by atoms with E-state index in [2.05, 4.69) is 26.3 Å². The first-order valence-corrected chi connectivity index (χ1v) is 11.1. The second kappa shape index (κ2) is 11.4. The largest absolute Gasteiger partial charge is 0.496 e. The molecule has 0 aliphatic carbocycles. The van der Waals surface area contributed by atoms with Crippen LogP contribution in [-0.4, -0.2) is 46.1 Å². The molecule has 0 atom stereocenters. The third-order valence-electron chi connectivity index (χ3n) is 5.15. The van der Waals surface area contributed by atoms with E-state index in [-0.39, 0.29) is 24.7 Å². The fourth-order valence-electron chi connectivity index (χ4n) is 3.39. The van der Waals surface area contributed by atoms with Gasteiger partial charge in [-0.3, -0.25) is 25.2 Å². The Balaban J connectivity index is 1.36. The number of rotatable bonds is 8. The minimum atomic E-state index is -0.673. The predicted molar refractivity (Wildman–Crippen MR) is 132 cm³/mol. The van der Waals surface area contributed by atoms with E-state index in [0.717, 1.165) is 11.3 Å². The number of methoxy groups -OCH3 is 1. The van der Waals surface area contributed by atoms with Crippen LogP contribution in [0.25, 0.3) is 17.1 Å². The topological polar surface area (TPSA) is 127 Å². The Morgan fingerprint density at radius 2 is 1.50 bits per heavy atom. The molecule has 3 N–H and O–H groups in total. The summed E-state index contributed by atoms with van der Waals surface area (Å²) in [4.78, 5) is 41.6. The summed E-state index contributed by atoms with van der Waals surface area (Å²) in [5.74, 6) is -0.722. The number of hydrazine groups is 1. The molecule has 1 heterocycles. The quantitative estimate of drug-likeness (QED) is 0.330. The van der Waals surface area contributed by atoms with Gasteiger partial charge in [-0.15, -0.1) is 5.10 Å². The van der Waals surface area contributed by atoms with Crippen LogP contribution in [0.3, 0.4) is 0 Å². The van der Waals surface area contributed by atoms with Crippen molar-refractivity contribution in [2.24, 2.45) is 0 Å². The maximum Gasteiger partial charge on any atom is 0.309 e. The molecule has 10 nitrogen and oxygen atoms in total. The number of nitrogens with one attached hydrogen (secondary N) is 3. The number of amides is 3. The van der Waals surface area contributed by atoms with Gasteiger partial charge in [-0.2, -0.15) is 0 Å². The average Bonchev–Trinajstić information content (AvgIpc) is 3.38. The van der Waals surface area contributed by atoms with Gasteiger partial charge in [-0.1, -0.05) is 60.7 Å². The van der Waals surface area contributed by atoms with Gasteiger partial charge in [0.25, 0.3) is 5.91 Å². The van der Waals surface area contributed by atoms with E-state index in [1.54, 1.807) is 28.9 Å². The number of aromatic nitrogens is 3. The van der Waals surface area contributed by atoms with Gasteiger partial charge < -0.3 is 10.1 Å². The first-order chi connectivity index (χ1) is 17.6. The molecule has 3 amide bonds. The number of carbonyl (C=O) groups is 3. The maximum absolute atomic E-state index is 12.7. The number of nitrogens with zero attached hydrogens (tertiary/aromatic N) is 3. The Morgan fingerprint density at radius 3 is 2.22 bits per heavy atom. The van der Waals surface area contributed by atoms with E-state index in [4.69, 9.17) is 4.74 Å². The highest BCUT2D eigenvalue weighted by Gasteiger charge is 2.19. The van der Waals surface area contributed by atoms with Gasteiger partial charge in [0.05, 0.1) is 18.4 Å². The number of hydrogen-bond acceptors (Lipinski definition) is 6. The smallest absolute Gasteiger partial charge is 0.309 e. The Labute approximate surface area is 207 Å². The Kier molecular flexibility index (Phi) is 7.66. The van der Waals surface area contributed by atoms with E-state index in [0.29, 0.717) is 17.1 Å². The van der Waals surface area contributed by atoms with Crippen LogP contribution >= 0.6 is 0 Å². The highest BCUT2D eigenvalue weighted by molar-refractivity contribution is 5.97. The van der Waals surface area contributed by atoms with Gasteiger partial charge >= 0.3 is 5.91 Å². The van der Waals surface area contributed by atoms with E-state index in [1.165, 1.54) is 7.11 Å². The van der Waals surface area contributed by atoms with Crippen molar-refractivity contribution in [3.63, 3.8) is 0 Å². The Morgan fingerprint density at radius 1 is 0.833 bits per heavy atom. The zero-order valence-corrected chi connectivity index (χ0v) is 19.5. The van der Waals surface area contributed by atoms with E-state index in [1.807, 2.05) is 60.7 Å². The van der Waals surface area contributed by atoms with Crippen molar-refractivity contribution in [3.05, 3.63) is 96.3 Å². The summed E-state index contributed by atoms with van der Waals surface area (Å²) in [5.41, 5.74) is 6.52. The maximum atomic E-state index is 12.7. The number of ether oxygens (including phenoxy) is 1. The third kappa shape index (κ3) is 5.73. The monoisotopic (exact) mass is 484 g/mol. The lowest BCUT2D eigenvalue weighted by atomic mass is 10.2. The summed E-state index contributed by atoms with van der Waals surface area (Å²) < 4.78 is 6.74. The molecule has 4 aromatic rings. The molecular weight excluding hydrogens is 460 g/mol. The number of benzene rings is 3. The van der Waals surface area contributed by atoms with Crippen LogP contribution in [0, 0.1) is 0 Å². The van der Waals surface area contributed by atoms with Crippen molar-refractivity contribution < 1.29 is 19.1 Å². The standard InChI is InChI=1S/C26H24N6O4/c1-36-21-15-9-8-14-20(21)25(34)27-17-16-22(33)29-30-26(35)23-28-24(18-10-4-2-5-11-18)32(31-23)19-12-6-3-7-13-19/h2-15H,16-17H2,1H3,(H,27,34)(H,29,33)(H,30,35). The first kappa shape index (κ1) is 24.1. The molecule has 0 aliphatic heterocycles. The molecule has 0 aliphatic rings. The fourth-order valence-corrected chi connectivity index (χ4v) is 3.39. The highest BCUT2D eigenvalue weighted by atomic mass is 16.5. The van der Waals surface area contributed by atoms with Gasteiger partial charge in [0.15, 0.2) is 5.82 Å². The Bertz CT molecular complexity index is 1300. The first-order valence-electron chi connectivity index (χ1n) is 11.1. The lowest BCUT2D eigenvalue weighted by Crippen LogP contribution is -2.43. The van der Waals surface area contributed by atoms with Crippen LogP contribution in [0.1, 0.15) is 27.4 Å². The molecule has 4 rings (SSSR count). The van der Waals surface area contributed by atoms with Crippen LogP contribution in [-0.2, 0) is 4.79 Å².